The highest BCUT2D eigenvalue weighted by Crippen LogP contribution is 2.25. The third-order valence-corrected chi connectivity index (χ3v) is 3.01. The average molecular weight is 260 g/mol. The van der Waals surface area contributed by atoms with Crippen LogP contribution >= 0.6 is 0 Å². The van der Waals surface area contributed by atoms with E-state index < -0.39 is 21.5 Å². The van der Waals surface area contributed by atoms with Gasteiger partial charge in [0.25, 0.3) is 5.69 Å². The second-order valence-corrected chi connectivity index (χ2v) is 5.18. The fourth-order valence-electron chi connectivity index (χ4n) is 1.44. The average Bonchev–Trinajstić information content (AvgIpc) is 2.19. The van der Waals surface area contributed by atoms with Crippen LogP contribution in [-0.2, 0) is 10.8 Å². The fourth-order valence-corrected chi connectivity index (χ4v) is 2.22. The molecule has 0 spiro atoms. The van der Waals surface area contributed by atoms with Gasteiger partial charge in [-0.2, -0.15) is 0 Å². The minimum Gasteiger partial charge on any atom is -0.376 e. The minimum absolute atomic E-state index is 0.190. The first-order chi connectivity index (χ1) is 7.90. The minimum atomic E-state index is -0.997. The third-order valence-electron chi connectivity index (χ3n) is 2.04. The molecule has 5 nitrogen and oxygen atoms in total. The summed E-state index contributed by atoms with van der Waals surface area (Å²) in [6.45, 7) is 1.76. The van der Waals surface area contributed by atoms with Gasteiger partial charge in [0.1, 0.15) is 11.5 Å². The van der Waals surface area contributed by atoms with Crippen LogP contribution < -0.4 is 5.32 Å². The first kappa shape index (κ1) is 13.6. The van der Waals surface area contributed by atoms with Crippen LogP contribution in [0, 0.1) is 15.9 Å². The van der Waals surface area contributed by atoms with Gasteiger partial charge in [0, 0.05) is 28.9 Å². The molecule has 0 saturated carbocycles. The number of nitrogens with one attached hydrogen (secondary N) is 1. The largest absolute Gasteiger partial charge is 0.376 e. The number of hydrogen-bond donors (Lipinski definition) is 1. The lowest BCUT2D eigenvalue weighted by Crippen LogP contribution is -2.22. The molecule has 17 heavy (non-hydrogen) atoms. The smallest absolute Gasteiger partial charge is 0.295 e. The monoisotopic (exact) mass is 260 g/mol. The highest BCUT2D eigenvalue weighted by molar-refractivity contribution is 7.84. The number of benzene rings is 1. The normalized spacial score (nSPS) is 14.1. The molecule has 1 rings (SSSR count). The number of anilines is 1. The maximum Gasteiger partial charge on any atom is 0.295 e. The molecule has 1 N–H and O–H groups in total. The maximum atomic E-state index is 12.9. The van der Waals surface area contributed by atoms with E-state index >= 15 is 0 Å². The molecule has 0 amide bonds. The third kappa shape index (κ3) is 4.10. The van der Waals surface area contributed by atoms with Crippen LogP contribution in [0.15, 0.2) is 18.2 Å². The number of rotatable bonds is 5. The van der Waals surface area contributed by atoms with Crippen molar-refractivity contribution in [1.82, 2.24) is 0 Å². The molecular weight excluding hydrogens is 247 g/mol. The fraction of sp³-hybridized carbons (Fsp3) is 0.400. The molecule has 2 unspecified atom stereocenters. The molecule has 0 radical (unpaired) electrons. The Labute approximate surface area is 101 Å². The molecule has 94 valence electrons. The molecule has 0 aliphatic rings. The Hall–Kier alpha value is -1.50. The molecule has 0 heterocycles. The maximum absolute atomic E-state index is 12.9. The predicted octanol–water partition coefficient (Wildman–Crippen LogP) is 1.91. The zero-order chi connectivity index (χ0) is 13.0. The molecule has 0 aromatic heterocycles. The molecule has 2 atom stereocenters. The zero-order valence-corrected chi connectivity index (χ0v) is 10.3. The summed E-state index contributed by atoms with van der Waals surface area (Å²) < 4.78 is 23.9. The summed E-state index contributed by atoms with van der Waals surface area (Å²) >= 11 is 0. The summed E-state index contributed by atoms with van der Waals surface area (Å²) in [6.07, 6.45) is 1.55. The van der Waals surface area contributed by atoms with Crippen LogP contribution in [0.4, 0.5) is 15.8 Å². The van der Waals surface area contributed by atoms with Gasteiger partial charge in [0.2, 0.25) is 0 Å². The van der Waals surface area contributed by atoms with Gasteiger partial charge in [0.05, 0.1) is 11.0 Å². The molecule has 0 saturated heterocycles. The van der Waals surface area contributed by atoms with E-state index in [9.17, 15) is 18.7 Å². The molecule has 1 aromatic carbocycles. The summed E-state index contributed by atoms with van der Waals surface area (Å²) in [6, 6.07) is 3.12. The van der Waals surface area contributed by atoms with Crippen molar-refractivity contribution in [2.45, 2.75) is 13.0 Å². The second kappa shape index (κ2) is 5.72. The van der Waals surface area contributed by atoms with Crippen molar-refractivity contribution in [3.05, 3.63) is 34.1 Å². The molecule has 0 bridgehead atoms. The van der Waals surface area contributed by atoms with Crippen molar-refractivity contribution in [3.8, 4) is 0 Å². The van der Waals surface area contributed by atoms with Gasteiger partial charge in [-0.25, -0.2) is 4.39 Å². The molecular formula is C10H13FN2O3S. The van der Waals surface area contributed by atoms with Gasteiger partial charge in [-0.05, 0) is 19.1 Å². The van der Waals surface area contributed by atoms with E-state index in [0.29, 0.717) is 5.75 Å². The van der Waals surface area contributed by atoms with Crippen molar-refractivity contribution in [2.24, 2.45) is 0 Å². The molecule has 0 fully saturated rings. The van der Waals surface area contributed by atoms with Crippen LogP contribution in [0.2, 0.25) is 0 Å². The molecule has 7 heteroatoms. The number of nitrogens with zero attached hydrogens (tertiary/aromatic N) is 1. The Bertz CT molecular complexity index is 453. The Morgan fingerprint density at radius 3 is 2.76 bits per heavy atom. The molecule has 0 aliphatic carbocycles. The van der Waals surface area contributed by atoms with E-state index in [1.165, 1.54) is 6.07 Å². The highest BCUT2D eigenvalue weighted by atomic mass is 32.2. The van der Waals surface area contributed by atoms with Crippen LogP contribution in [0.25, 0.3) is 0 Å². The first-order valence-electron chi connectivity index (χ1n) is 4.90. The van der Waals surface area contributed by atoms with Crippen molar-refractivity contribution < 1.29 is 13.5 Å². The number of nitro groups is 1. The lowest BCUT2D eigenvalue weighted by Gasteiger charge is -2.13. The van der Waals surface area contributed by atoms with E-state index in [4.69, 9.17) is 0 Å². The Morgan fingerprint density at radius 2 is 2.24 bits per heavy atom. The lowest BCUT2D eigenvalue weighted by atomic mass is 10.2. The van der Waals surface area contributed by atoms with Gasteiger partial charge >= 0.3 is 0 Å². The van der Waals surface area contributed by atoms with E-state index in [1.54, 1.807) is 13.2 Å². The van der Waals surface area contributed by atoms with Crippen LogP contribution in [0.5, 0.6) is 0 Å². The summed E-state index contributed by atoms with van der Waals surface area (Å²) in [5.74, 6) is -0.289. The zero-order valence-electron chi connectivity index (χ0n) is 9.47. The summed E-state index contributed by atoms with van der Waals surface area (Å²) in [5.41, 5.74) is -0.0897. The topological polar surface area (TPSA) is 72.2 Å². The van der Waals surface area contributed by atoms with Gasteiger partial charge in [0.15, 0.2) is 0 Å². The van der Waals surface area contributed by atoms with Gasteiger partial charge in [-0.1, -0.05) is 0 Å². The van der Waals surface area contributed by atoms with Crippen molar-refractivity contribution >= 4 is 22.2 Å². The highest BCUT2D eigenvalue weighted by Gasteiger charge is 2.16. The van der Waals surface area contributed by atoms with Crippen LogP contribution in [0.3, 0.4) is 0 Å². The van der Waals surface area contributed by atoms with Gasteiger partial charge < -0.3 is 5.32 Å². The quantitative estimate of drug-likeness (QED) is 0.648. The number of halogens is 1. The Morgan fingerprint density at radius 1 is 1.59 bits per heavy atom. The predicted molar refractivity (Wildman–Crippen MR) is 65.1 cm³/mol. The van der Waals surface area contributed by atoms with Crippen molar-refractivity contribution in [2.75, 3.05) is 17.3 Å². The van der Waals surface area contributed by atoms with Crippen LogP contribution in [-0.4, -0.2) is 27.2 Å². The molecule has 0 aliphatic heterocycles. The SMILES string of the molecule is CC(CS(C)=O)Nc1ccc(F)cc1[N+](=O)[O-]. The summed E-state index contributed by atoms with van der Waals surface area (Å²) in [7, 11) is -0.997. The molecule has 1 aromatic rings. The van der Waals surface area contributed by atoms with Crippen LogP contribution in [0.1, 0.15) is 6.92 Å². The summed E-state index contributed by atoms with van der Waals surface area (Å²) in [5, 5.41) is 13.6. The van der Waals surface area contributed by atoms with E-state index in [2.05, 4.69) is 5.32 Å². The second-order valence-electron chi connectivity index (χ2n) is 3.70. The van der Waals surface area contributed by atoms with Gasteiger partial charge in [-0.3, -0.25) is 14.3 Å². The first-order valence-corrected chi connectivity index (χ1v) is 6.63. The Balaban J connectivity index is 2.90. The standard InChI is InChI=1S/C10H13FN2O3S/c1-7(6-17(2)16)12-9-4-3-8(11)5-10(9)13(14)15/h3-5,7,12H,6H2,1-2H3. The van der Waals surface area contributed by atoms with Crippen molar-refractivity contribution in [1.29, 1.82) is 0 Å². The Kier molecular flexibility index (Phi) is 4.56. The van der Waals surface area contributed by atoms with Gasteiger partial charge in [-0.15, -0.1) is 0 Å². The number of nitro benzene ring substituents is 1. The summed E-state index contributed by atoms with van der Waals surface area (Å²) in [4.78, 5) is 10.1. The van der Waals surface area contributed by atoms with E-state index in [-0.39, 0.29) is 17.4 Å². The lowest BCUT2D eigenvalue weighted by molar-refractivity contribution is -0.384. The van der Waals surface area contributed by atoms with E-state index in [1.807, 2.05) is 0 Å². The van der Waals surface area contributed by atoms with Crippen molar-refractivity contribution in [3.63, 3.8) is 0 Å². The number of hydrogen-bond acceptors (Lipinski definition) is 4. The van der Waals surface area contributed by atoms with E-state index in [0.717, 1.165) is 12.1 Å².